The molecule has 1 aromatic heterocycles. The number of hydrazone groups is 1. The van der Waals surface area contributed by atoms with Gasteiger partial charge >= 0.3 is 0 Å². The molecule has 1 heterocycles. The van der Waals surface area contributed by atoms with Crippen LogP contribution in [0.25, 0.3) is 0 Å². The number of halogens is 1. The summed E-state index contributed by atoms with van der Waals surface area (Å²) in [6.07, 6.45) is 1.55. The molecule has 4 nitrogen and oxygen atoms in total. The highest BCUT2D eigenvalue weighted by Crippen LogP contribution is 2.09. The monoisotopic (exact) mass is 262 g/mol. The molecule has 18 heavy (non-hydrogen) atoms. The van der Waals surface area contributed by atoms with E-state index < -0.39 is 0 Å². The summed E-state index contributed by atoms with van der Waals surface area (Å²) in [7, 11) is 0. The standard InChI is InChI=1S/C13H11ClN2O2/c1-9(12-3-2-8-18-12)15-16-13(17)10-4-6-11(14)7-5-10/h2-8H,1H3,(H,16,17)/b15-9+. The number of amides is 1. The van der Waals surface area contributed by atoms with Crippen molar-refractivity contribution in [1.82, 2.24) is 5.43 Å². The van der Waals surface area contributed by atoms with Crippen LogP contribution in [-0.2, 0) is 0 Å². The minimum Gasteiger partial charge on any atom is -0.463 e. The van der Waals surface area contributed by atoms with Crippen molar-refractivity contribution < 1.29 is 9.21 Å². The molecule has 0 aliphatic rings. The van der Waals surface area contributed by atoms with E-state index in [9.17, 15) is 4.79 Å². The van der Waals surface area contributed by atoms with Gasteiger partial charge in [0, 0.05) is 10.6 Å². The normalized spacial score (nSPS) is 11.3. The molecule has 0 bridgehead atoms. The molecule has 0 saturated heterocycles. The van der Waals surface area contributed by atoms with Crippen LogP contribution >= 0.6 is 11.6 Å². The van der Waals surface area contributed by atoms with Gasteiger partial charge in [0.05, 0.1) is 6.26 Å². The molecule has 2 aromatic rings. The molecule has 2 rings (SSSR count). The van der Waals surface area contributed by atoms with Gasteiger partial charge in [0.1, 0.15) is 11.5 Å². The van der Waals surface area contributed by atoms with E-state index in [0.29, 0.717) is 22.1 Å². The number of nitrogens with zero attached hydrogens (tertiary/aromatic N) is 1. The van der Waals surface area contributed by atoms with Gasteiger partial charge in [-0.3, -0.25) is 4.79 Å². The van der Waals surface area contributed by atoms with Crippen LogP contribution in [0.3, 0.4) is 0 Å². The Labute approximate surface area is 109 Å². The second-order valence-corrected chi connectivity index (χ2v) is 4.06. The zero-order chi connectivity index (χ0) is 13.0. The molecule has 0 unspecified atom stereocenters. The third kappa shape index (κ3) is 2.99. The van der Waals surface area contributed by atoms with Crippen molar-refractivity contribution in [2.45, 2.75) is 6.92 Å². The van der Waals surface area contributed by atoms with E-state index in [-0.39, 0.29) is 5.91 Å². The summed E-state index contributed by atoms with van der Waals surface area (Å²) in [6.45, 7) is 1.75. The van der Waals surface area contributed by atoms with E-state index in [1.807, 2.05) is 0 Å². The van der Waals surface area contributed by atoms with Crippen LogP contribution in [-0.4, -0.2) is 11.6 Å². The SMILES string of the molecule is C/C(=N\NC(=O)c1ccc(Cl)cc1)c1ccco1. The number of benzene rings is 1. The van der Waals surface area contributed by atoms with Crippen molar-refractivity contribution in [3.63, 3.8) is 0 Å². The van der Waals surface area contributed by atoms with E-state index >= 15 is 0 Å². The first-order valence-electron chi connectivity index (χ1n) is 5.31. The lowest BCUT2D eigenvalue weighted by atomic mass is 10.2. The molecule has 5 heteroatoms. The predicted octanol–water partition coefficient (Wildman–Crippen LogP) is 3.09. The minimum atomic E-state index is -0.294. The molecular formula is C13H11ClN2O2. The van der Waals surface area contributed by atoms with Crippen LogP contribution in [0, 0.1) is 0 Å². The lowest BCUT2D eigenvalue weighted by Crippen LogP contribution is -2.19. The maximum absolute atomic E-state index is 11.7. The molecule has 1 aromatic carbocycles. The average molecular weight is 263 g/mol. The van der Waals surface area contributed by atoms with E-state index in [2.05, 4.69) is 10.5 Å². The Morgan fingerprint density at radius 2 is 2.00 bits per heavy atom. The Balaban J connectivity index is 2.04. The fourth-order valence-electron chi connectivity index (χ4n) is 1.34. The fourth-order valence-corrected chi connectivity index (χ4v) is 1.47. The van der Waals surface area contributed by atoms with Gasteiger partial charge in [-0.15, -0.1) is 0 Å². The van der Waals surface area contributed by atoms with Gasteiger partial charge < -0.3 is 4.42 Å². The number of hydrogen-bond acceptors (Lipinski definition) is 3. The highest BCUT2D eigenvalue weighted by Gasteiger charge is 2.05. The Bertz CT molecular complexity index is 559. The molecule has 0 fully saturated rings. The van der Waals surface area contributed by atoms with Gasteiger partial charge in [0.15, 0.2) is 0 Å². The lowest BCUT2D eigenvalue weighted by Gasteiger charge is -2.01. The molecular weight excluding hydrogens is 252 g/mol. The highest BCUT2D eigenvalue weighted by molar-refractivity contribution is 6.30. The van der Waals surface area contributed by atoms with Gasteiger partial charge in [0.25, 0.3) is 5.91 Å². The first-order valence-corrected chi connectivity index (χ1v) is 5.68. The largest absolute Gasteiger partial charge is 0.463 e. The summed E-state index contributed by atoms with van der Waals surface area (Å²) in [5, 5.41) is 4.54. The lowest BCUT2D eigenvalue weighted by molar-refractivity contribution is 0.0955. The summed E-state index contributed by atoms with van der Waals surface area (Å²) in [5.41, 5.74) is 3.55. The Kier molecular flexibility index (Phi) is 3.79. The number of hydrogen-bond donors (Lipinski definition) is 1. The number of carbonyl (C=O) groups excluding carboxylic acids is 1. The van der Waals surface area contributed by atoms with Crippen molar-refractivity contribution in [2.75, 3.05) is 0 Å². The van der Waals surface area contributed by atoms with Crippen LogP contribution in [0.1, 0.15) is 23.0 Å². The molecule has 0 aliphatic heterocycles. The van der Waals surface area contributed by atoms with Crippen molar-refractivity contribution in [3.8, 4) is 0 Å². The fraction of sp³-hybridized carbons (Fsp3) is 0.0769. The summed E-state index contributed by atoms with van der Waals surface area (Å²) in [6, 6.07) is 10.1. The maximum atomic E-state index is 11.7. The first-order chi connectivity index (χ1) is 8.66. The molecule has 0 radical (unpaired) electrons. The van der Waals surface area contributed by atoms with Gasteiger partial charge in [-0.25, -0.2) is 5.43 Å². The topological polar surface area (TPSA) is 54.6 Å². The van der Waals surface area contributed by atoms with Crippen molar-refractivity contribution in [2.24, 2.45) is 5.10 Å². The Hall–Kier alpha value is -2.07. The van der Waals surface area contributed by atoms with Crippen LogP contribution in [0.2, 0.25) is 5.02 Å². The number of furan rings is 1. The van der Waals surface area contributed by atoms with E-state index in [4.69, 9.17) is 16.0 Å². The third-order valence-corrected chi connectivity index (χ3v) is 2.56. The molecule has 0 aliphatic carbocycles. The average Bonchev–Trinajstić information content (AvgIpc) is 2.90. The summed E-state index contributed by atoms with van der Waals surface area (Å²) < 4.78 is 5.15. The second-order valence-electron chi connectivity index (χ2n) is 3.62. The maximum Gasteiger partial charge on any atom is 0.271 e. The smallest absolute Gasteiger partial charge is 0.271 e. The van der Waals surface area contributed by atoms with Gasteiger partial charge in [-0.05, 0) is 43.3 Å². The molecule has 92 valence electrons. The zero-order valence-corrected chi connectivity index (χ0v) is 10.4. The molecule has 0 spiro atoms. The van der Waals surface area contributed by atoms with Crippen molar-refractivity contribution in [3.05, 3.63) is 59.0 Å². The van der Waals surface area contributed by atoms with E-state index in [1.54, 1.807) is 49.6 Å². The van der Waals surface area contributed by atoms with Crippen LogP contribution in [0.5, 0.6) is 0 Å². The predicted molar refractivity (Wildman–Crippen MR) is 69.8 cm³/mol. The van der Waals surface area contributed by atoms with Crippen molar-refractivity contribution >= 4 is 23.2 Å². The van der Waals surface area contributed by atoms with E-state index in [0.717, 1.165) is 0 Å². The summed E-state index contributed by atoms with van der Waals surface area (Å²) >= 11 is 5.74. The number of carbonyl (C=O) groups is 1. The quantitative estimate of drug-likeness (QED) is 0.683. The van der Waals surface area contributed by atoms with Gasteiger partial charge in [-0.1, -0.05) is 11.6 Å². The molecule has 0 saturated carbocycles. The number of nitrogens with one attached hydrogen (secondary N) is 1. The highest BCUT2D eigenvalue weighted by atomic mass is 35.5. The van der Waals surface area contributed by atoms with Crippen molar-refractivity contribution in [1.29, 1.82) is 0 Å². The van der Waals surface area contributed by atoms with Crippen LogP contribution < -0.4 is 5.43 Å². The Morgan fingerprint density at radius 3 is 2.61 bits per heavy atom. The molecule has 1 N–H and O–H groups in total. The molecule has 0 atom stereocenters. The molecule has 1 amide bonds. The third-order valence-electron chi connectivity index (χ3n) is 2.31. The van der Waals surface area contributed by atoms with Crippen LogP contribution in [0.4, 0.5) is 0 Å². The number of rotatable bonds is 3. The summed E-state index contributed by atoms with van der Waals surface area (Å²) in [4.78, 5) is 11.7. The second kappa shape index (κ2) is 5.51. The first kappa shape index (κ1) is 12.4. The minimum absolute atomic E-state index is 0.294. The van der Waals surface area contributed by atoms with E-state index in [1.165, 1.54) is 0 Å². The van der Waals surface area contributed by atoms with Gasteiger partial charge in [-0.2, -0.15) is 5.10 Å². The summed E-state index contributed by atoms with van der Waals surface area (Å²) in [5.74, 6) is 0.323. The Morgan fingerprint density at radius 1 is 1.28 bits per heavy atom. The zero-order valence-electron chi connectivity index (χ0n) is 9.68. The van der Waals surface area contributed by atoms with Gasteiger partial charge in [0.2, 0.25) is 0 Å². The van der Waals surface area contributed by atoms with Crippen LogP contribution in [0.15, 0.2) is 52.2 Å².